The van der Waals surface area contributed by atoms with Gasteiger partial charge in [0.15, 0.2) is 0 Å². The van der Waals surface area contributed by atoms with Crippen LogP contribution in [0.4, 0.5) is 0 Å². The number of thiazole rings is 1. The molecule has 0 aromatic carbocycles. The number of morpholine rings is 1. The first-order valence-corrected chi connectivity index (χ1v) is 6.99. The summed E-state index contributed by atoms with van der Waals surface area (Å²) in [5.74, 6) is 0. The molecule has 1 aliphatic heterocycles. The van der Waals surface area contributed by atoms with E-state index in [4.69, 9.17) is 10.5 Å². The Morgan fingerprint density at radius 1 is 1.65 bits per heavy atom. The van der Waals surface area contributed by atoms with Gasteiger partial charge in [0.05, 0.1) is 24.4 Å². The Bertz CT molecular complexity index is 366. The minimum Gasteiger partial charge on any atom is -0.376 e. The average Bonchev–Trinajstić information content (AvgIpc) is 2.72. The lowest BCUT2D eigenvalue weighted by Gasteiger charge is -2.36. The summed E-state index contributed by atoms with van der Waals surface area (Å²) in [7, 11) is 0. The predicted molar refractivity (Wildman–Crippen MR) is 70.0 cm³/mol. The first-order valence-electron chi connectivity index (χ1n) is 6.11. The van der Waals surface area contributed by atoms with Gasteiger partial charge in [0, 0.05) is 24.5 Å². The van der Waals surface area contributed by atoms with Crippen molar-refractivity contribution in [1.29, 1.82) is 0 Å². The van der Waals surface area contributed by atoms with Crippen molar-refractivity contribution in [3.8, 4) is 0 Å². The molecule has 2 heterocycles. The van der Waals surface area contributed by atoms with Crippen LogP contribution in [-0.2, 0) is 11.3 Å². The topological polar surface area (TPSA) is 51.4 Å². The highest BCUT2D eigenvalue weighted by Crippen LogP contribution is 2.19. The molecule has 1 aromatic heterocycles. The van der Waals surface area contributed by atoms with Crippen LogP contribution in [0, 0.1) is 0 Å². The normalized spacial score (nSPS) is 28.2. The molecule has 3 unspecified atom stereocenters. The lowest BCUT2D eigenvalue weighted by molar-refractivity contribution is -0.0530. The van der Waals surface area contributed by atoms with E-state index in [1.54, 1.807) is 11.3 Å². The summed E-state index contributed by atoms with van der Waals surface area (Å²) in [5.41, 5.74) is 6.95. The summed E-state index contributed by atoms with van der Waals surface area (Å²) in [4.78, 5) is 7.00. The van der Waals surface area contributed by atoms with Crippen LogP contribution >= 0.6 is 11.3 Å². The molecule has 0 spiro atoms. The van der Waals surface area contributed by atoms with Crippen molar-refractivity contribution in [2.24, 2.45) is 5.73 Å². The van der Waals surface area contributed by atoms with Gasteiger partial charge in [-0.1, -0.05) is 0 Å². The molecule has 1 fully saturated rings. The van der Waals surface area contributed by atoms with E-state index in [0.717, 1.165) is 30.4 Å². The van der Waals surface area contributed by atoms with Gasteiger partial charge >= 0.3 is 0 Å². The van der Waals surface area contributed by atoms with Crippen LogP contribution in [0.25, 0.3) is 0 Å². The van der Waals surface area contributed by atoms with Gasteiger partial charge in [0.2, 0.25) is 0 Å². The van der Waals surface area contributed by atoms with Crippen molar-refractivity contribution in [2.75, 3.05) is 13.2 Å². The molecule has 0 bridgehead atoms. The smallest absolute Gasteiger partial charge is 0.109 e. The van der Waals surface area contributed by atoms with Crippen LogP contribution in [0.1, 0.15) is 37.5 Å². The molecule has 96 valence electrons. The number of rotatable bonds is 3. The Morgan fingerprint density at radius 2 is 2.41 bits per heavy atom. The first-order chi connectivity index (χ1) is 8.06. The van der Waals surface area contributed by atoms with E-state index in [0.29, 0.717) is 12.1 Å². The fourth-order valence-corrected chi connectivity index (χ4v) is 2.77. The predicted octanol–water partition coefficient (Wildman–Crippen LogP) is 1.77. The largest absolute Gasteiger partial charge is 0.376 e. The molecule has 0 saturated carbocycles. The fraction of sp³-hybridized carbons (Fsp3) is 0.750. The molecule has 2 rings (SSSR count). The van der Waals surface area contributed by atoms with Gasteiger partial charge in [-0.25, -0.2) is 4.98 Å². The van der Waals surface area contributed by atoms with E-state index in [2.05, 4.69) is 29.1 Å². The van der Waals surface area contributed by atoms with Gasteiger partial charge in [-0.15, -0.1) is 11.3 Å². The lowest BCUT2D eigenvalue weighted by Crippen LogP contribution is -2.46. The highest BCUT2D eigenvalue weighted by atomic mass is 32.1. The molecule has 1 aliphatic rings. The van der Waals surface area contributed by atoms with E-state index in [1.807, 2.05) is 6.92 Å². The van der Waals surface area contributed by atoms with E-state index >= 15 is 0 Å². The van der Waals surface area contributed by atoms with Crippen LogP contribution in [0.3, 0.4) is 0 Å². The summed E-state index contributed by atoms with van der Waals surface area (Å²) >= 11 is 1.65. The molecular formula is C12H21N3OS. The van der Waals surface area contributed by atoms with Crippen LogP contribution < -0.4 is 5.73 Å². The Morgan fingerprint density at radius 3 is 3.06 bits per heavy atom. The Balaban J connectivity index is 1.98. The van der Waals surface area contributed by atoms with Gasteiger partial charge in [0.25, 0.3) is 0 Å². The maximum absolute atomic E-state index is 5.82. The Hall–Kier alpha value is -0.490. The molecule has 4 nitrogen and oxygen atoms in total. The summed E-state index contributed by atoms with van der Waals surface area (Å²) in [6.07, 6.45) is 0.317. The summed E-state index contributed by atoms with van der Waals surface area (Å²) < 4.78 is 5.62. The van der Waals surface area contributed by atoms with Crippen LogP contribution in [-0.4, -0.2) is 35.2 Å². The van der Waals surface area contributed by atoms with Crippen molar-refractivity contribution in [3.05, 3.63) is 16.1 Å². The highest BCUT2D eigenvalue weighted by molar-refractivity contribution is 7.09. The van der Waals surface area contributed by atoms with Crippen molar-refractivity contribution < 1.29 is 4.74 Å². The van der Waals surface area contributed by atoms with Crippen molar-refractivity contribution in [2.45, 2.75) is 45.5 Å². The lowest BCUT2D eigenvalue weighted by atomic mass is 10.2. The minimum absolute atomic E-state index is 0.0368. The summed E-state index contributed by atoms with van der Waals surface area (Å²) in [5, 5.41) is 3.14. The first kappa shape index (κ1) is 13.0. The van der Waals surface area contributed by atoms with Gasteiger partial charge in [-0.2, -0.15) is 0 Å². The molecular weight excluding hydrogens is 234 g/mol. The monoisotopic (exact) mass is 255 g/mol. The zero-order chi connectivity index (χ0) is 12.4. The number of ether oxygens (including phenoxy) is 1. The second-order valence-electron chi connectivity index (χ2n) is 4.89. The van der Waals surface area contributed by atoms with E-state index < -0.39 is 0 Å². The number of aromatic nitrogens is 1. The van der Waals surface area contributed by atoms with E-state index in [-0.39, 0.29) is 6.04 Å². The molecule has 1 saturated heterocycles. The van der Waals surface area contributed by atoms with Gasteiger partial charge in [-0.05, 0) is 20.8 Å². The van der Waals surface area contributed by atoms with Gasteiger partial charge in [-0.3, -0.25) is 4.90 Å². The van der Waals surface area contributed by atoms with E-state index in [9.17, 15) is 0 Å². The fourth-order valence-electron chi connectivity index (χ4n) is 2.00. The molecule has 2 N–H and O–H groups in total. The number of hydrogen-bond acceptors (Lipinski definition) is 5. The second kappa shape index (κ2) is 5.44. The summed E-state index contributed by atoms with van der Waals surface area (Å²) in [6.45, 7) is 8.98. The maximum Gasteiger partial charge on any atom is 0.109 e. The zero-order valence-electron chi connectivity index (χ0n) is 10.7. The van der Waals surface area contributed by atoms with Crippen molar-refractivity contribution in [1.82, 2.24) is 9.88 Å². The molecule has 3 atom stereocenters. The number of hydrogen-bond donors (Lipinski definition) is 1. The van der Waals surface area contributed by atoms with Gasteiger partial charge < -0.3 is 10.5 Å². The third-order valence-corrected chi connectivity index (χ3v) is 4.16. The number of nitrogens with zero attached hydrogens (tertiary/aromatic N) is 2. The highest BCUT2D eigenvalue weighted by Gasteiger charge is 2.24. The van der Waals surface area contributed by atoms with Crippen LogP contribution in [0.15, 0.2) is 5.38 Å². The molecule has 5 heteroatoms. The molecule has 0 radical (unpaired) electrons. The SMILES string of the molecule is CC1CN(Cc2csc(C(C)N)n2)C(C)CO1. The van der Waals surface area contributed by atoms with Crippen LogP contribution in [0.2, 0.25) is 0 Å². The average molecular weight is 255 g/mol. The Kier molecular flexibility index (Phi) is 4.14. The zero-order valence-corrected chi connectivity index (χ0v) is 11.5. The second-order valence-corrected chi connectivity index (χ2v) is 5.78. The van der Waals surface area contributed by atoms with E-state index in [1.165, 1.54) is 0 Å². The Labute approximate surface area is 107 Å². The summed E-state index contributed by atoms with van der Waals surface area (Å²) in [6, 6.07) is 0.501. The molecule has 0 aliphatic carbocycles. The molecule has 17 heavy (non-hydrogen) atoms. The van der Waals surface area contributed by atoms with Crippen molar-refractivity contribution in [3.63, 3.8) is 0 Å². The third kappa shape index (κ3) is 3.25. The molecule has 1 aromatic rings. The standard InChI is InChI=1S/C12H21N3OS/c1-8-6-16-9(2)4-15(8)5-11-7-17-12(14-11)10(3)13/h7-10H,4-6,13H2,1-3H3. The van der Waals surface area contributed by atoms with Crippen molar-refractivity contribution >= 4 is 11.3 Å². The maximum atomic E-state index is 5.82. The third-order valence-electron chi connectivity index (χ3n) is 3.06. The van der Waals surface area contributed by atoms with Gasteiger partial charge in [0.1, 0.15) is 5.01 Å². The van der Waals surface area contributed by atoms with Crippen LogP contribution in [0.5, 0.6) is 0 Å². The minimum atomic E-state index is 0.0368. The molecule has 0 amide bonds. The number of nitrogens with two attached hydrogens (primary N) is 1. The quantitative estimate of drug-likeness (QED) is 0.894.